The van der Waals surface area contributed by atoms with Crippen molar-refractivity contribution in [3.63, 3.8) is 0 Å². The van der Waals surface area contributed by atoms with Gasteiger partial charge in [0.25, 0.3) is 11.7 Å². The fourth-order valence-corrected chi connectivity index (χ4v) is 5.56. The predicted octanol–water partition coefficient (Wildman–Crippen LogP) is 4.25. The number of hydrogen-bond donors (Lipinski definition) is 2. The number of amides is 1. The first kappa shape index (κ1) is 29.6. The van der Waals surface area contributed by atoms with Crippen molar-refractivity contribution >= 4 is 23.4 Å². The van der Waals surface area contributed by atoms with E-state index in [0.29, 0.717) is 43.0 Å². The van der Waals surface area contributed by atoms with Crippen molar-refractivity contribution in [1.29, 1.82) is 0 Å². The van der Waals surface area contributed by atoms with Crippen LogP contribution in [0.4, 0.5) is 0 Å². The number of aliphatic hydroxyl groups is 1. The van der Waals surface area contributed by atoms with Gasteiger partial charge in [-0.2, -0.15) is 0 Å². The number of aromatic nitrogens is 1. The molecule has 2 saturated heterocycles. The third-order valence-corrected chi connectivity index (χ3v) is 7.76. The fraction of sp³-hybridized carbons (Fsp3) is 0.516. The largest absolute Gasteiger partial charge is 0.507 e. The number of carbonyl (C=O) groups is 3. The molecule has 9 nitrogen and oxygen atoms in total. The van der Waals surface area contributed by atoms with Crippen LogP contribution in [0.15, 0.2) is 29.8 Å². The number of ether oxygens (including phenoxy) is 2. The molecule has 0 saturated carbocycles. The summed E-state index contributed by atoms with van der Waals surface area (Å²) in [6, 6.07) is 7.13. The van der Waals surface area contributed by atoms with Crippen LogP contribution >= 0.6 is 0 Å². The summed E-state index contributed by atoms with van der Waals surface area (Å²) in [6.07, 6.45) is 0.679. The van der Waals surface area contributed by atoms with Crippen LogP contribution in [0.3, 0.4) is 0 Å². The molecule has 0 aliphatic carbocycles. The lowest BCUT2D eigenvalue weighted by molar-refractivity contribution is -0.140. The van der Waals surface area contributed by atoms with Gasteiger partial charge in [0.15, 0.2) is 0 Å². The minimum Gasteiger partial charge on any atom is -0.507 e. The standard InChI is InChI=1S/C31H41N3O6/c1-7-40-30(38)25-19(2)23(20(3)32-25)27(35)24-26(21-9-11-22(12-10-21)31(4,5)6)34(29(37)28(24)36)14-8-13-33-15-17-39-18-16-33/h9-12,26,32,35H,7-8,13-18H2,1-6H3/b27-24+/t26-/m1/s1. The average Bonchev–Trinajstić information content (AvgIpc) is 3.36. The van der Waals surface area contributed by atoms with Crippen molar-refractivity contribution in [1.82, 2.24) is 14.8 Å². The number of carbonyl (C=O) groups excluding carboxylic acids is 3. The van der Waals surface area contributed by atoms with Crippen molar-refractivity contribution in [3.8, 4) is 0 Å². The fourth-order valence-electron chi connectivity index (χ4n) is 5.56. The maximum Gasteiger partial charge on any atom is 0.355 e. The van der Waals surface area contributed by atoms with Gasteiger partial charge >= 0.3 is 5.97 Å². The van der Waals surface area contributed by atoms with E-state index in [9.17, 15) is 19.5 Å². The second-order valence-corrected chi connectivity index (χ2v) is 11.5. The van der Waals surface area contributed by atoms with E-state index in [0.717, 1.165) is 30.8 Å². The number of rotatable bonds is 8. The Morgan fingerprint density at radius 3 is 2.35 bits per heavy atom. The third-order valence-electron chi connectivity index (χ3n) is 7.76. The molecule has 2 aliphatic rings. The van der Waals surface area contributed by atoms with Crippen molar-refractivity contribution in [3.05, 3.63) is 63.5 Å². The number of esters is 1. The molecular formula is C31H41N3O6. The molecule has 2 aromatic rings. The smallest absolute Gasteiger partial charge is 0.355 e. The van der Waals surface area contributed by atoms with Gasteiger partial charge < -0.3 is 24.5 Å². The van der Waals surface area contributed by atoms with Gasteiger partial charge in [-0.05, 0) is 49.3 Å². The molecule has 2 aliphatic heterocycles. The Kier molecular flexibility index (Phi) is 8.85. The van der Waals surface area contributed by atoms with Gasteiger partial charge in [0.1, 0.15) is 11.5 Å². The number of aromatic amines is 1. The Hall–Kier alpha value is -3.43. The summed E-state index contributed by atoms with van der Waals surface area (Å²) in [7, 11) is 0. The van der Waals surface area contributed by atoms with E-state index in [2.05, 4.69) is 30.7 Å². The number of aliphatic hydroxyl groups excluding tert-OH is 1. The van der Waals surface area contributed by atoms with Crippen molar-refractivity contribution in [2.75, 3.05) is 46.0 Å². The maximum absolute atomic E-state index is 13.5. The Bertz CT molecular complexity index is 1300. The van der Waals surface area contributed by atoms with E-state index in [-0.39, 0.29) is 29.0 Å². The molecule has 2 N–H and O–H groups in total. The lowest BCUT2D eigenvalue weighted by Gasteiger charge is -2.29. The van der Waals surface area contributed by atoms with Gasteiger partial charge in [-0.25, -0.2) is 4.79 Å². The van der Waals surface area contributed by atoms with E-state index >= 15 is 0 Å². The first-order chi connectivity index (χ1) is 19.0. The highest BCUT2D eigenvalue weighted by Gasteiger charge is 2.46. The summed E-state index contributed by atoms with van der Waals surface area (Å²) in [5, 5.41) is 11.6. The van der Waals surface area contributed by atoms with E-state index in [4.69, 9.17) is 9.47 Å². The molecule has 0 bridgehead atoms. The molecule has 1 atom stereocenters. The van der Waals surface area contributed by atoms with Crippen LogP contribution in [0.2, 0.25) is 0 Å². The molecule has 2 fully saturated rings. The Morgan fingerprint density at radius 2 is 1.75 bits per heavy atom. The highest BCUT2D eigenvalue weighted by molar-refractivity contribution is 6.46. The molecular weight excluding hydrogens is 510 g/mol. The molecule has 0 spiro atoms. The minimum atomic E-state index is -0.751. The zero-order valence-corrected chi connectivity index (χ0v) is 24.4. The van der Waals surface area contributed by atoms with Gasteiger partial charge in [0.2, 0.25) is 0 Å². The summed E-state index contributed by atoms with van der Waals surface area (Å²) in [4.78, 5) is 46.3. The maximum atomic E-state index is 13.5. The van der Waals surface area contributed by atoms with Crippen LogP contribution in [0, 0.1) is 13.8 Å². The molecule has 0 unspecified atom stereocenters. The van der Waals surface area contributed by atoms with E-state index in [1.165, 1.54) is 0 Å². The van der Waals surface area contributed by atoms with Crippen LogP contribution in [-0.4, -0.2) is 83.5 Å². The zero-order chi connectivity index (χ0) is 29.2. The number of nitrogens with zero attached hydrogens (tertiary/aromatic N) is 2. The van der Waals surface area contributed by atoms with Crippen LogP contribution in [0.5, 0.6) is 0 Å². The van der Waals surface area contributed by atoms with Crippen LogP contribution < -0.4 is 0 Å². The number of morpholine rings is 1. The summed E-state index contributed by atoms with van der Waals surface area (Å²) < 4.78 is 10.6. The number of likely N-dealkylation sites (tertiary alicyclic amines) is 1. The molecule has 1 aromatic heterocycles. The summed E-state index contributed by atoms with van der Waals surface area (Å²) in [6.45, 7) is 15.9. The van der Waals surface area contributed by atoms with Crippen LogP contribution in [0.25, 0.3) is 5.76 Å². The second kappa shape index (κ2) is 12.0. The molecule has 4 rings (SSSR count). The second-order valence-electron chi connectivity index (χ2n) is 11.5. The third kappa shape index (κ3) is 5.86. The quantitative estimate of drug-likeness (QED) is 0.218. The number of ketones is 1. The predicted molar refractivity (Wildman–Crippen MR) is 152 cm³/mol. The Morgan fingerprint density at radius 1 is 1.10 bits per heavy atom. The lowest BCUT2D eigenvalue weighted by Crippen LogP contribution is -2.39. The summed E-state index contributed by atoms with van der Waals surface area (Å²) in [5.74, 6) is -2.20. The van der Waals surface area contributed by atoms with Gasteiger partial charge in [0, 0.05) is 37.4 Å². The number of benzene rings is 1. The molecule has 1 aromatic carbocycles. The van der Waals surface area contributed by atoms with Crippen molar-refractivity contribution < 1.29 is 29.0 Å². The van der Waals surface area contributed by atoms with Crippen molar-refractivity contribution in [2.24, 2.45) is 0 Å². The summed E-state index contributed by atoms with van der Waals surface area (Å²) >= 11 is 0. The number of Topliss-reactive ketones (excluding diaryl/α,β-unsaturated/α-hetero) is 1. The summed E-state index contributed by atoms with van der Waals surface area (Å²) in [5.41, 5.74) is 3.36. The van der Waals surface area contributed by atoms with Gasteiger partial charge in [-0.1, -0.05) is 45.0 Å². The molecule has 216 valence electrons. The van der Waals surface area contributed by atoms with Gasteiger partial charge in [-0.3, -0.25) is 14.5 Å². The van der Waals surface area contributed by atoms with E-state index < -0.39 is 23.7 Å². The number of H-pyrrole nitrogens is 1. The first-order valence-corrected chi connectivity index (χ1v) is 14.0. The highest BCUT2D eigenvalue weighted by atomic mass is 16.5. The number of aryl methyl sites for hydroxylation is 1. The van der Waals surface area contributed by atoms with E-state index in [1.807, 2.05) is 24.3 Å². The van der Waals surface area contributed by atoms with Gasteiger partial charge in [-0.15, -0.1) is 0 Å². The SMILES string of the molecule is CCOC(=O)c1[nH]c(C)c(/C(O)=C2\C(=O)C(=O)N(CCCN3CCOCC3)[C@@H]2c2ccc(C(C)(C)C)cc2)c1C. The molecule has 0 radical (unpaired) electrons. The minimum absolute atomic E-state index is 0.0282. The topological polar surface area (TPSA) is 112 Å². The first-order valence-electron chi connectivity index (χ1n) is 14.0. The lowest BCUT2D eigenvalue weighted by atomic mass is 9.85. The number of hydrogen-bond acceptors (Lipinski definition) is 7. The van der Waals surface area contributed by atoms with E-state index in [1.54, 1.807) is 25.7 Å². The average molecular weight is 552 g/mol. The van der Waals surface area contributed by atoms with Crippen molar-refractivity contribution in [2.45, 2.75) is 59.4 Å². The number of nitrogens with one attached hydrogen (secondary N) is 1. The van der Waals surface area contributed by atoms with Crippen LogP contribution in [-0.2, 0) is 24.5 Å². The van der Waals surface area contributed by atoms with Crippen LogP contribution in [0.1, 0.15) is 78.6 Å². The monoisotopic (exact) mass is 551 g/mol. The highest BCUT2D eigenvalue weighted by Crippen LogP contribution is 2.41. The Balaban J connectivity index is 1.76. The molecule has 3 heterocycles. The zero-order valence-electron chi connectivity index (χ0n) is 24.4. The molecule has 1 amide bonds. The van der Waals surface area contributed by atoms with Gasteiger partial charge in [0.05, 0.1) is 31.4 Å². The normalized spacial score (nSPS) is 19.9. The molecule has 40 heavy (non-hydrogen) atoms. The Labute approximate surface area is 236 Å². The molecule has 9 heteroatoms.